The molecule has 0 amide bonds. The van der Waals surface area contributed by atoms with Crippen molar-refractivity contribution in [2.75, 3.05) is 13.3 Å². The highest BCUT2D eigenvalue weighted by Gasteiger charge is 2.13. The van der Waals surface area contributed by atoms with Crippen LogP contribution in [-0.2, 0) is 9.30 Å². The molecule has 3 atom stereocenters. The molecular weight excluding hydrogens is 165 g/mol. The first-order valence-corrected chi connectivity index (χ1v) is 5.55. The lowest BCUT2D eigenvalue weighted by atomic mass is 10.3. The van der Waals surface area contributed by atoms with Crippen molar-refractivity contribution in [2.24, 2.45) is 0 Å². The molecule has 0 aromatic carbocycles. The maximum Gasteiger partial charge on any atom is 0.169 e. The summed E-state index contributed by atoms with van der Waals surface area (Å²) in [7, 11) is -1.74. The summed E-state index contributed by atoms with van der Waals surface area (Å²) >= 11 is 0. The van der Waals surface area contributed by atoms with Crippen molar-refractivity contribution in [3.8, 4) is 0 Å². The van der Waals surface area contributed by atoms with Crippen LogP contribution in [0.4, 0.5) is 0 Å². The van der Waals surface area contributed by atoms with Gasteiger partial charge in [-0.25, -0.2) is 0 Å². The van der Waals surface area contributed by atoms with E-state index in [0.29, 0.717) is 6.61 Å². The van der Waals surface area contributed by atoms with E-state index in [0.717, 1.165) is 0 Å². The molecule has 0 saturated heterocycles. The van der Waals surface area contributed by atoms with E-state index in [4.69, 9.17) is 9.84 Å². The van der Waals surface area contributed by atoms with Crippen molar-refractivity contribution >= 4 is 7.95 Å². The molecule has 0 spiro atoms. The van der Waals surface area contributed by atoms with Crippen molar-refractivity contribution in [1.29, 1.82) is 0 Å². The van der Waals surface area contributed by atoms with Crippen LogP contribution in [0.1, 0.15) is 13.8 Å². The fourth-order valence-corrected chi connectivity index (χ4v) is 1.49. The number of hydrogen-bond donors (Lipinski definition) is 2. The van der Waals surface area contributed by atoms with Gasteiger partial charge in [-0.3, -0.25) is 5.09 Å². The van der Waals surface area contributed by atoms with Gasteiger partial charge >= 0.3 is 0 Å². The van der Waals surface area contributed by atoms with Gasteiger partial charge in [0.2, 0.25) is 0 Å². The second kappa shape index (κ2) is 5.72. The van der Waals surface area contributed by atoms with E-state index in [-0.39, 0.29) is 6.04 Å². The molecule has 68 valence electrons. The molecule has 4 nitrogen and oxygen atoms in total. The topological polar surface area (TPSA) is 58.6 Å². The fourth-order valence-electron chi connectivity index (χ4n) is 0.707. The van der Waals surface area contributed by atoms with Gasteiger partial charge in [0.15, 0.2) is 6.29 Å². The molecule has 0 aromatic heterocycles. The van der Waals surface area contributed by atoms with Crippen LogP contribution >= 0.6 is 7.95 Å². The van der Waals surface area contributed by atoms with E-state index < -0.39 is 14.2 Å². The molecule has 11 heavy (non-hydrogen) atoms. The average Bonchev–Trinajstić information content (AvgIpc) is 1.86. The molecule has 5 heteroatoms. The molecule has 0 aliphatic heterocycles. The normalized spacial score (nSPS) is 19.3. The SMILES string of the molecule is CCOC(O)C(C)N[PH](C)=O. The quantitative estimate of drug-likeness (QED) is 0.477. The average molecular weight is 181 g/mol. The van der Waals surface area contributed by atoms with Crippen LogP contribution < -0.4 is 5.09 Å². The molecule has 0 aromatic rings. The second-order valence-corrected chi connectivity index (χ2v) is 3.74. The van der Waals surface area contributed by atoms with Crippen LogP contribution in [0.2, 0.25) is 0 Å². The fraction of sp³-hybridized carbons (Fsp3) is 1.00. The molecule has 0 heterocycles. The predicted octanol–water partition coefficient (Wildman–Crippen LogP) is 0.424. The Kier molecular flexibility index (Phi) is 5.78. The lowest BCUT2D eigenvalue weighted by molar-refractivity contribution is -0.108. The number of hydrogen-bond acceptors (Lipinski definition) is 3. The highest BCUT2D eigenvalue weighted by atomic mass is 31.1. The number of aliphatic hydroxyl groups is 1. The molecule has 0 bridgehead atoms. The van der Waals surface area contributed by atoms with Gasteiger partial charge in [-0.1, -0.05) is 0 Å². The van der Waals surface area contributed by atoms with Crippen LogP contribution in [0.25, 0.3) is 0 Å². The Hall–Kier alpha value is 0.110. The molecule has 0 aliphatic rings. The van der Waals surface area contributed by atoms with E-state index in [2.05, 4.69) is 5.09 Å². The van der Waals surface area contributed by atoms with Crippen molar-refractivity contribution in [2.45, 2.75) is 26.2 Å². The Morgan fingerprint density at radius 1 is 1.73 bits per heavy atom. The molecule has 0 saturated carbocycles. The van der Waals surface area contributed by atoms with Gasteiger partial charge in [-0.05, 0) is 20.5 Å². The molecular formula is C6H16NO3P. The minimum absolute atomic E-state index is 0.272. The maximum atomic E-state index is 10.7. The largest absolute Gasteiger partial charge is 0.367 e. The molecule has 0 aliphatic carbocycles. The highest BCUT2D eigenvalue weighted by molar-refractivity contribution is 7.41. The zero-order chi connectivity index (χ0) is 8.85. The smallest absolute Gasteiger partial charge is 0.169 e. The van der Waals surface area contributed by atoms with Gasteiger partial charge in [0, 0.05) is 6.61 Å². The van der Waals surface area contributed by atoms with Crippen molar-refractivity contribution in [3.05, 3.63) is 0 Å². The van der Waals surface area contributed by atoms with Gasteiger partial charge < -0.3 is 14.4 Å². The number of rotatable bonds is 5. The Morgan fingerprint density at radius 3 is 2.64 bits per heavy atom. The summed E-state index contributed by atoms with van der Waals surface area (Å²) in [5.41, 5.74) is 0. The Bertz CT molecular complexity index is 131. The monoisotopic (exact) mass is 181 g/mol. The first-order chi connectivity index (χ1) is 5.07. The minimum Gasteiger partial charge on any atom is -0.367 e. The Labute approximate surface area is 67.8 Å². The van der Waals surface area contributed by atoms with E-state index in [1.54, 1.807) is 20.5 Å². The van der Waals surface area contributed by atoms with Crippen LogP contribution in [0, 0.1) is 0 Å². The summed E-state index contributed by atoms with van der Waals surface area (Å²) in [6, 6.07) is -0.272. The summed E-state index contributed by atoms with van der Waals surface area (Å²) in [6.07, 6.45) is -0.867. The van der Waals surface area contributed by atoms with Crippen LogP contribution in [-0.4, -0.2) is 30.7 Å². The van der Waals surface area contributed by atoms with E-state index in [9.17, 15) is 4.57 Å². The van der Waals surface area contributed by atoms with Crippen LogP contribution in [0.15, 0.2) is 0 Å². The summed E-state index contributed by atoms with van der Waals surface area (Å²) < 4.78 is 15.5. The van der Waals surface area contributed by atoms with Crippen LogP contribution in [0.3, 0.4) is 0 Å². The van der Waals surface area contributed by atoms with E-state index >= 15 is 0 Å². The van der Waals surface area contributed by atoms with E-state index in [1.165, 1.54) is 0 Å². The second-order valence-electron chi connectivity index (χ2n) is 2.34. The van der Waals surface area contributed by atoms with Crippen LogP contribution in [0.5, 0.6) is 0 Å². The van der Waals surface area contributed by atoms with Gasteiger partial charge in [-0.2, -0.15) is 0 Å². The zero-order valence-corrected chi connectivity index (χ0v) is 8.13. The first-order valence-electron chi connectivity index (χ1n) is 3.64. The van der Waals surface area contributed by atoms with Gasteiger partial charge in [0.05, 0.1) is 6.04 Å². The number of aliphatic hydroxyl groups excluding tert-OH is 1. The Morgan fingerprint density at radius 2 is 2.27 bits per heavy atom. The van der Waals surface area contributed by atoms with E-state index in [1.807, 2.05) is 0 Å². The highest BCUT2D eigenvalue weighted by Crippen LogP contribution is 2.09. The third kappa shape index (κ3) is 5.39. The van der Waals surface area contributed by atoms with Crippen molar-refractivity contribution < 1.29 is 14.4 Å². The number of ether oxygens (including phenoxy) is 1. The maximum absolute atomic E-state index is 10.7. The van der Waals surface area contributed by atoms with Crippen molar-refractivity contribution in [1.82, 2.24) is 5.09 Å². The lowest BCUT2D eigenvalue weighted by Crippen LogP contribution is -2.35. The zero-order valence-electron chi connectivity index (χ0n) is 7.13. The van der Waals surface area contributed by atoms with Gasteiger partial charge in [0.1, 0.15) is 7.95 Å². The molecule has 0 fully saturated rings. The third-order valence-corrected chi connectivity index (χ3v) is 2.06. The summed E-state index contributed by atoms with van der Waals surface area (Å²) in [4.78, 5) is 0. The summed E-state index contributed by atoms with van der Waals surface area (Å²) in [6.45, 7) is 5.56. The summed E-state index contributed by atoms with van der Waals surface area (Å²) in [5, 5.41) is 11.9. The lowest BCUT2D eigenvalue weighted by Gasteiger charge is -2.18. The standard InChI is InChI=1S/C6H16NO3P/c1-4-10-6(8)5(2)7-11(3)9/h5-6,8,11H,4H2,1-3H3,(H,7,9). The predicted molar refractivity (Wildman–Crippen MR) is 45.2 cm³/mol. The molecule has 3 unspecified atom stereocenters. The Balaban J connectivity index is 3.63. The number of nitrogens with one attached hydrogen (secondary N) is 1. The summed E-state index contributed by atoms with van der Waals surface area (Å²) in [5.74, 6) is 0. The molecule has 0 radical (unpaired) electrons. The van der Waals surface area contributed by atoms with Crippen molar-refractivity contribution in [3.63, 3.8) is 0 Å². The molecule has 0 rings (SSSR count). The first kappa shape index (κ1) is 11.1. The van der Waals surface area contributed by atoms with Gasteiger partial charge in [-0.15, -0.1) is 0 Å². The molecule has 2 N–H and O–H groups in total. The minimum atomic E-state index is -1.74. The third-order valence-electron chi connectivity index (χ3n) is 1.20. The van der Waals surface area contributed by atoms with Gasteiger partial charge in [0.25, 0.3) is 0 Å².